The molecule has 3 aliphatic rings. The molecule has 0 spiro atoms. The van der Waals surface area contributed by atoms with Gasteiger partial charge in [0.25, 0.3) is 0 Å². The zero-order valence-corrected chi connectivity index (χ0v) is 20.5. The number of imide groups is 1. The topological polar surface area (TPSA) is 73.8 Å². The molecule has 2 bridgehead atoms. The number of guanidine groups is 1. The summed E-state index contributed by atoms with van der Waals surface area (Å²) in [5.74, 6) is -0.691. The fraction of sp³-hybridized carbons (Fsp3) is 0.522. The SMILES string of the molecule is CN=C(NCCCN1C(=O)C2C3C=CC(C3)C2C1=O)NCC(C)c1ccc(F)cc1F.I. The van der Waals surface area contributed by atoms with Gasteiger partial charge in [0, 0.05) is 38.7 Å². The number of amides is 2. The summed E-state index contributed by atoms with van der Waals surface area (Å²) in [7, 11) is 1.63. The van der Waals surface area contributed by atoms with E-state index in [1.165, 1.54) is 17.0 Å². The first-order valence-corrected chi connectivity index (χ1v) is 10.8. The van der Waals surface area contributed by atoms with E-state index in [0.717, 1.165) is 12.5 Å². The van der Waals surface area contributed by atoms with E-state index in [0.29, 0.717) is 37.6 Å². The summed E-state index contributed by atoms with van der Waals surface area (Å²) in [6.07, 6.45) is 5.74. The Kier molecular flexibility index (Phi) is 7.89. The van der Waals surface area contributed by atoms with Crippen LogP contribution in [0.15, 0.2) is 35.3 Å². The lowest BCUT2D eigenvalue weighted by Crippen LogP contribution is -2.41. The minimum Gasteiger partial charge on any atom is -0.356 e. The number of fused-ring (bicyclic) bond motifs is 5. The van der Waals surface area contributed by atoms with Crippen molar-refractivity contribution in [3.63, 3.8) is 0 Å². The van der Waals surface area contributed by atoms with Gasteiger partial charge in [0.2, 0.25) is 11.8 Å². The van der Waals surface area contributed by atoms with Crippen LogP contribution in [0, 0.1) is 35.3 Å². The van der Waals surface area contributed by atoms with Gasteiger partial charge in [-0.05, 0) is 36.3 Å². The number of carbonyl (C=O) groups is 2. The number of likely N-dealkylation sites (tertiary alicyclic amines) is 1. The number of hydrogen-bond acceptors (Lipinski definition) is 3. The molecule has 1 heterocycles. The number of rotatable bonds is 7. The van der Waals surface area contributed by atoms with E-state index in [1.807, 2.05) is 6.92 Å². The summed E-state index contributed by atoms with van der Waals surface area (Å²) >= 11 is 0. The Morgan fingerprint density at radius 3 is 2.41 bits per heavy atom. The highest BCUT2D eigenvalue weighted by Gasteiger charge is 2.58. The Morgan fingerprint density at radius 2 is 1.81 bits per heavy atom. The number of nitrogens with one attached hydrogen (secondary N) is 2. The third kappa shape index (κ3) is 4.67. The molecule has 0 radical (unpaired) electrons. The van der Waals surface area contributed by atoms with Gasteiger partial charge in [-0.1, -0.05) is 25.1 Å². The second-order valence-corrected chi connectivity index (χ2v) is 8.63. The van der Waals surface area contributed by atoms with Crippen molar-refractivity contribution >= 4 is 41.8 Å². The van der Waals surface area contributed by atoms with Crippen molar-refractivity contribution in [3.05, 3.63) is 47.5 Å². The van der Waals surface area contributed by atoms with Crippen molar-refractivity contribution in [3.8, 4) is 0 Å². The average Bonchev–Trinajstić information content (AvgIpc) is 3.42. The van der Waals surface area contributed by atoms with Crippen LogP contribution in [-0.2, 0) is 9.59 Å². The zero-order chi connectivity index (χ0) is 22.1. The second-order valence-electron chi connectivity index (χ2n) is 8.63. The summed E-state index contributed by atoms with van der Waals surface area (Å²) in [5, 5.41) is 6.29. The number of hydrogen-bond donors (Lipinski definition) is 2. The van der Waals surface area contributed by atoms with Crippen molar-refractivity contribution in [2.24, 2.45) is 28.7 Å². The van der Waals surface area contributed by atoms with E-state index < -0.39 is 11.6 Å². The molecule has 1 aromatic carbocycles. The molecular weight excluding hydrogens is 529 g/mol. The van der Waals surface area contributed by atoms with E-state index in [1.54, 1.807) is 7.05 Å². The van der Waals surface area contributed by atoms with Crippen molar-refractivity contribution in [1.82, 2.24) is 15.5 Å². The Hall–Kier alpha value is -2.04. The van der Waals surface area contributed by atoms with Gasteiger partial charge in [-0.15, -0.1) is 24.0 Å². The molecule has 32 heavy (non-hydrogen) atoms. The van der Waals surface area contributed by atoms with Crippen LogP contribution in [0.1, 0.15) is 31.2 Å². The van der Waals surface area contributed by atoms with Crippen LogP contribution < -0.4 is 10.6 Å². The lowest BCUT2D eigenvalue weighted by Gasteiger charge is -2.19. The molecule has 1 aromatic rings. The van der Waals surface area contributed by atoms with E-state index in [9.17, 15) is 18.4 Å². The number of benzene rings is 1. The predicted octanol–water partition coefficient (Wildman–Crippen LogP) is 3.05. The minimum atomic E-state index is -0.596. The fourth-order valence-corrected chi connectivity index (χ4v) is 5.11. The Balaban J connectivity index is 0.00000289. The van der Waals surface area contributed by atoms with Gasteiger partial charge >= 0.3 is 0 Å². The summed E-state index contributed by atoms with van der Waals surface area (Å²) in [4.78, 5) is 31.0. The van der Waals surface area contributed by atoms with Gasteiger partial charge in [-0.25, -0.2) is 8.78 Å². The van der Waals surface area contributed by atoms with E-state index in [4.69, 9.17) is 0 Å². The molecule has 0 aromatic heterocycles. The molecule has 2 N–H and O–H groups in total. The average molecular weight is 558 g/mol. The maximum Gasteiger partial charge on any atom is 0.233 e. The van der Waals surface area contributed by atoms with Crippen LogP contribution >= 0.6 is 24.0 Å². The summed E-state index contributed by atoms with van der Waals surface area (Å²) in [5.41, 5.74) is 0.435. The molecule has 5 atom stereocenters. The van der Waals surface area contributed by atoms with Crippen molar-refractivity contribution in [2.75, 3.05) is 26.7 Å². The van der Waals surface area contributed by atoms with Gasteiger partial charge < -0.3 is 10.6 Å². The highest BCUT2D eigenvalue weighted by atomic mass is 127. The zero-order valence-electron chi connectivity index (χ0n) is 18.2. The van der Waals surface area contributed by atoms with Crippen molar-refractivity contribution < 1.29 is 18.4 Å². The van der Waals surface area contributed by atoms with E-state index in [2.05, 4.69) is 27.8 Å². The summed E-state index contributed by atoms with van der Waals surface area (Å²) in [6.45, 7) is 3.20. The van der Waals surface area contributed by atoms with Crippen molar-refractivity contribution in [2.45, 2.75) is 25.7 Å². The molecule has 1 saturated heterocycles. The molecule has 9 heteroatoms. The number of aliphatic imine (C=N–C) groups is 1. The molecule has 2 aliphatic carbocycles. The Bertz CT molecular complexity index is 909. The first kappa shape index (κ1) is 24.6. The normalized spacial score (nSPS) is 26.9. The van der Waals surface area contributed by atoms with Gasteiger partial charge in [-0.3, -0.25) is 19.5 Å². The molecule has 1 aliphatic heterocycles. The predicted molar refractivity (Wildman–Crippen MR) is 129 cm³/mol. The van der Waals surface area contributed by atoms with Crippen LogP contribution in [0.4, 0.5) is 8.78 Å². The molecule has 2 amide bonds. The highest BCUT2D eigenvalue weighted by Crippen LogP contribution is 2.52. The quantitative estimate of drug-likeness (QED) is 0.135. The Labute approximate surface area is 203 Å². The van der Waals surface area contributed by atoms with Crippen LogP contribution in [0.25, 0.3) is 0 Å². The maximum atomic E-state index is 13.9. The van der Waals surface area contributed by atoms with Crippen LogP contribution in [0.2, 0.25) is 0 Å². The van der Waals surface area contributed by atoms with E-state index in [-0.39, 0.29) is 65.4 Å². The molecule has 4 rings (SSSR count). The Morgan fingerprint density at radius 1 is 1.16 bits per heavy atom. The number of allylic oxidation sites excluding steroid dienone is 2. The number of carbonyl (C=O) groups excluding carboxylic acids is 2. The lowest BCUT2D eigenvalue weighted by molar-refractivity contribution is -0.140. The molecule has 6 nitrogen and oxygen atoms in total. The van der Waals surface area contributed by atoms with Crippen LogP contribution in [-0.4, -0.2) is 49.4 Å². The summed E-state index contributed by atoms with van der Waals surface area (Å²) < 4.78 is 27.0. The standard InChI is InChI=1S/C23H28F2N4O2.HI/c1-13(17-7-6-16(24)11-18(17)25)12-28-23(26-2)27-8-3-9-29-21(30)19-14-4-5-15(10-14)20(19)22(29)31;/h4-7,11,13-15,19-20H,3,8-10,12H2,1-2H3,(H2,26,27,28);1H. The minimum absolute atomic E-state index is 0. The van der Waals surface area contributed by atoms with Gasteiger partial charge in [-0.2, -0.15) is 0 Å². The number of halogens is 3. The molecular formula is C23H29F2IN4O2. The van der Waals surface area contributed by atoms with Crippen LogP contribution in [0.3, 0.4) is 0 Å². The molecule has 174 valence electrons. The lowest BCUT2D eigenvalue weighted by atomic mass is 9.85. The van der Waals surface area contributed by atoms with Gasteiger partial charge in [0.1, 0.15) is 11.6 Å². The van der Waals surface area contributed by atoms with Crippen LogP contribution in [0.5, 0.6) is 0 Å². The molecule has 2 fully saturated rings. The van der Waals surface area contributed by atoms with Gasteiger partial charge in [0.05, 0.1) is 11.8 Å². The van der Waals surface area contributed by atoms with Gasteiger partial charge in [0.15, 0.2) is 5.96 Å². The maximum absolute atomic E-state index is 13.9. The fourth-order valence-electron chi connectivity index (χ4n) is 5.11. The first-order chi connectivity index (χ1) is 14.9. The van der Waals surface area contributed by atoms with E-state index >= 15 is 0 Å². The number of nitrogens with zero attached hydrogens (tertiary/aromatic N) is 2. The van der Waals surface area contributed by atoms with Crippen molar-refractivity contribution in [1.29, 1.82) is 0 Å². The third-order valence-electron chi connectivity index (χ3n) is 6.71. The second kappa shape index (κ2) is 10.3. The smallest absolute Gasteiger partial charge is 0.233 e. The largest absolute Gasteiger partial charge is 0.356 e. The third-order valence-corrected chi connectivity index (χ3v) is 6.71. The highest BCUT2D eigenvalue weighted by molar-refractivity contribution is 14.0. The monoisotopic (exact) mass is 558 g/mol. The molecule has 1 saturated carbocycles. The molecule has 5 unspecified atom stereocenters. The first-order valence-electron chi connectivity index (χ1n) is 10.8. The summed E-state index contributed by atoms with van der Waals surface area (Å²) in [6, 6.07) is 3.59.